The van der Waals surface area contributed by atoms with Crippen LogP contribution in [0.1, 0.15) is 11.1 Å². The van der Waals surface area contributed by atoms with Crippen molar-refractivity contribution >= 4 is 38.6 Å². The SMILES string of the molecule is Cc1cnc(-c2cccc3c2oc2ccn4c5ccccc5nc4c23)cc1C. The molecule has 0 aliphatic carbocycles. The first-order valence-electron chi connectivity index (χ1n) is 9.35. The van der Waals surface area contributed by atoms with Crippen molar-refractivity contribution in [3.8, 4) is 11.3 Å². The zero-order chi connectivity index (χ0) is 18.8. The third kappa shape index (κ3) is 2.00. The van der Waals surface area contributed by atoms with E-state index in [-0.39, 0.29) is 0 Å². The number of hydrogen-bond acceptors (Lipinski definition) is 3. The lowest BCUT2D eigenvalue weighted by atomic mass is 10.0. The highest BCUT2D eigenvalue weighted by Gasteiger charge is 2.17. The predicted octanol–water partition coefficient (Wildman–Crippen LogP) is 6.07. The summed E-state index contributed by atoms with van der Waals surface area (Å²) < 4.78 is 8.45. The molecule has 6 rings (SSSR count). The highest BCUT2D eigenvalue weighted by Crippen LogP contribution is 2.37. The van der Waals surface area contributed by atoms with Gasteiger partial charge in [0.05, 0.1) is 22.1 Å². The summed E-state index contributed by atoms with van der Waals surface area (Å²) in [7, 11) is 0. The van der Waals surface area contributed by atoms with E-state index in [0.717, 1.165) is 49.9 Å². The molecule has 0 N–H and O–H groups in total. The summed E-state index contributed by atoms with van der Waals surface area (Å²) in [5, 5.41) is 2.10. The second-order valence-corrected chi connectivity index (χ2v) is 7.29. The third-order valence-corrected chi connectivity index (χ3v) is 5.59. The largest absolute Gasteiger partial charge is 0.455 e. The van der Waals surface area contributed by atoms with Crippen LogP contribution in [0.2, 0.25) is 0 Å². The minimum atomic E-state index is 0.842. The van der Waals surface area contributed by atoms with Gasteiger partial charge < -0.3 is 4.42 Å². The lowest BCUT2D eigenvalue weighted by Crippen LogP contribution is -1.88. The molecule has 0 bridgehead atoms. The van der Waals surface area contributed by atoms with Gasteiger partial charge in [0.1, 0.15) is 16.8 Å². The Bertz CT molecular complexity index is 1540. The molecular formula is C24H17N3O. The van der Waals surface area contributed by atoms with Gasteiger partial charge in [0, 0.05) is 23.3 Å². The monoisotopic (exact) mass is 363 g/mol. The van der Waals surface area contributed by atoms with Crippen LogP contribution in [0.5, 0.6) is 0 Å². The Balaban J connectivity index is 1.74. The predicted molar refractivity (Wildman–Crippen MR) is 113 cm³/mol. The van der Waals surface area contributed by atoms with Crippen molar-refractivity contribution in [3.63, 3.8) is 0 Å². The van der Waals surface area contributed by atoms with Gasteiger partial charge in [-0.25, -0.2) is 4.98 Å². The van der Waals surface area contributed by atoms with Crippen molar-refractivity contribution in [2.75, 3.05) is 0 Å². The molecule has 4 heteroatoms. The zero-order valence-corrected chi connectivity index (χ0v) is 15.6. The van der Waals surface area contributed by atoms with Crippen LogP contribution in [-0.2, 0) is 0 Å². The minimum absolute atomic E-state index is 0.842. The number of para-hydroxylation sites is 3. The van der Waals surface area contributed by atoms with Crippen LogP contribution in [0, 0.1) is 13.8 Å². The van der Waals surface area contributed by atoms with Gasteiger partial charge in [-0.05, 0) is 55.3 Å². The zero-order valence-electron chi connectivity index (χ0n) is 15.6. The van der Waals surface area contributed by atoms with E-state index in [1.807, 2.05) is 36.7 Å². The summed E-state index contributed by atoms with van der Waals surface area (Å²) >= 11 is 0. The third-order valence-electron chi connectivity index (χ3n) is 5.59. The number of nitrogens with zero attached hydrogens (tertiary/aromatic N) is 3. The molecule has 0 aliphatic heterocycles. The Hall–Kier alpha value is -3.66. The summed E-state index contributed by atoms with van der Waals surface area (Å²) in [6.07, 6.45) is 3.95. The molecule has 4 heterocycles. The van der Waals surface area contributed by atoms with Crippen molar-refractivity contribution in [1.82, 2.24) is 14.4 Å². The molecular weight excluding hydrogens is 346 g/mol. The lowest BCUT2D eigenvalue weighted by molar-refractivity contribution is 0.669. The van der Waals surface area contributed by atoms with E-state index in [4.69, 9.17) is 9.40 Å². The quantitative estimate of drug-likeness (QED) is 0.356. The van der Waals surface area contributed by atoms with Crippen molar-refractivity contribution in [2.24, 2.45) is 0 Å². The van der Waals surface area contributed by atoms with Gasteiger partial charge in [0.25, 0.3) is 0 Å². The molecule has 0 saturated heterocycles. The molecule has 0 unspecified atom stereocenters. The summed E-state index contributed by atoms with van der Waals surface area (Å²) in [6, 6.07) is 18.6. The number of imidazole rings is 1. The average Bonchev–Trinajstić information content (AvgIpc) is 3.27. The highest BCUT2D eigenvalue weighted by molar-refractivity contribution is 6.15. The summed E-state index contributed by atoms with van der Waals surface area (Å²) in [4.78, 5) is 9.53. The average molecular weight is 363 g/mol. The Kier molecular flexibility index (Phi) is 2.98. The van der Waals surface area contributed by atoms with E-state index in [1.54, 1.807) is 0 Å². The van der Waals surface area contributed by atoms with Crippen molar-refractivity contribution < 1.29 is 4.42 Å². The number of hydrogen-bond donors (Lipinski definition) is 0. The summed E-state index contributed by atoms with van der Waals surface area (Å²) in [5.41, 5.74) is 9.04. The molecule has 4 nitrogen and oxygen atoms in total. The fraction of sp³-hybridized carbons (Fsp3) is 0.0833. The Morgan fingerprint density at radius 3 is 2.71 bits per heavy atom. The molecule has 4 aromatic heterocycles. The number of benzene rings is 2. The fourth-order valence-electron chi connectivity index (χ4n) is 3.97. The van der Waals surface area contributed by atoms with Crippen LogP contribution >= 0.6 is 0 Å². The summed E-state index contributed by atoms with van der Waals surface area (Å²) in [5.74, 6) is 0. The van der Waals surface area contributed by atoms with Gasteiger partial charge >= 0.3 is 0 Å². The van der Waals surface area contributed by atoms with E-state index < -0.39 is 0 Å². The molecule has 28 heavy (non-hydrogen) atoms. The topological polar surface area (TPSA) is 43.3 Å². The van der Waals surface area contributed by atoms with Crippen LogP contribution in [0.3, 0.4) is 0 Å². The first-order chi connectivity index (χ1) is 13.7. The van der Waals surface area contributed by atoms with E-state index in [0.29, 0.717) is 0 Å². The molecule has 0 fully saturated rings. The number of rotatable bonds is 1. The standard InChI is InChI=1S/C24H17N3O/c1-14-12-19(25-13-15(14)2)16-6-5-7-17-22-21(28-23(16)17)10-11-27-20-9-4-3-8-18(20)26-24(22)27/h3-13H,1-2H3. The van der Waals surface area contributed by atoms with E-state index >= 15 is 0 Å². The second kappa shape index (κ2) is 5.42. The van der Waals surface area contributed by atoms with E-state index in [1.165, 1.54) is 11.1 Å². The van der Waals surface area contributed by atoms with Gasteiger partial charge in [-0.1, -0.05) is 24.3 Å². The number of furan rings is 1. The van der Waals surface area contributed by atoms with Crippen LogP contribution < -0.4 is 0 Å². The van der Waals surface area contributed by atoms with Crippen LogP contribution in [0.4, 0.5) is 0 Å². The highest BCUT2D eigenvalue weighted by atomic mass is 16.3. The molecule has 2 aromatic carbocycles. The van der Waals surface area contributed by atoms with Crippen LogP contribution in [-0.4, -0.2) is 14.4 Å². The lowest BCUT2D eigenvalue weighted by Gasteiger charge is -2.05. The van der Waals surface area contributed by atoms with Crippen molar-refractivity contribution in [2.45, 2.75) is 13.8 Å². The van der Waals surface area contributed by atoms with E-state index in [2.05, 4.69) is 53.6 Å². The first kappa shape index (κ1) is 15.4. The molecule has 134 valence electrons. The molecule has 0 atom stereocenters. The Morgan fingerprint density at radius 2 is 1.82 bits per heavy atom. The van der Waals surface area contributed by atoms with Gasteiger partial charge in [0.15, 0.2) is 0 Å². The molecule has 0 spiro atoms. The number of aryl methyl sites for hydroxylation is 2. The Labute approximate surface area is 161 Å². The maximum atomic E-state index is 6.32. The van der Waals surface area contributed by atoms with Crippen molar-refractivity contribution in [3.05, 3.63) is 78.1 Å². The second-order valence-electron chi connectivity index (χ2n) is 7.29. The van der Waals surface area contributed by atoms with Crippen LogP contribution in [0.15, 0.2) is 71.4 Å². The Morgan fingerprint density at radius 1 is 0.929 bits per heavy atom. The maximum absolute atomic E-state index is 6.32. The maximum Gasteiger partial charge on any atom is 0.149 e. The van der Waals surface area contributed by atoms with Crippen molar-refractivity contribution in [1.29, 1.82) is 0 Å². The molecule has 0 amide bonds. The normalized spacial score (nSPS) is 11.9. The smallest absolute Gasteiger partial charge is 0.149 e. The number of aromatic nitrogens is 3. The van der Waals surface area contributed by atoms with Gasteiger partial charge in [-0.2, -0.15) is 0 Å². The van der Waals surface area contributed by atoms with Crippen LogP contribution in [0.25, 0.3) is 49.9 Å². The molecule has 6 aromatic rings. The molecule has 0 aliphatic rings. The van der Waals surface area contributed by atoms with Gasteiger partial charge in [-0.15, -0.1) is 0 Å². The number of pyridine rings is 2. The first-order valence-corrected chi connectivity index (χ1v) is 9.35. The molecule has 0 saturated carbocycles. The van der Waals surface area contributed by atoms with Gasteiger partial charge in [0.2, 0.25) is 0 Å². The summed E-state index contributed by atoms with van der Waals surface area (Å²) in [6.45, 7) is 4.19. The fourth-order valence-corrected chi connectivity index (χ4v) is 3.97. The van der Waals surface area contributed by atoms with Gasteiger partial charge in [-0.3, -0.25) is 9.38 Å². The van der Waals surface area contributed by atoms with E-state index in [9.17, 15) is 0 Å². The minimum Gasteiger partial charge on any atom is -0.455 e. The molecule has 0 radical (unpaired) electrons. The number of fused-ring (bicyclic) bond motifs is 7.